The number of methoxy groups -OCH3 is 1. The Bertz CT molecular complexity index is 1720. The van der Waals surface area contributed by atoms with Crippen molar-refractivity contribution in [3.8, 4) is 5.75 Å². The van der Waals surface area contributed by atoms with Crippen molar-refractivity contribution in [3.05, 3.63) is 90.1 Å². The maximum Gasteiger partial charge on any atom is 0.405 e. The molecule has 1 aliphatic carbocycles. The summed E-state index contributed by atoms with van der Waals surface area (Å²) >= 11 is 0. The Morgan fingerprint density at radius 3 is 2.48 bits per heavy atom. The number of nitrogens with zero attached hydrogens (tertiary/aromatic N) is 3. The molecule has 3 heterocycles. The summed E-state index contributed by atoms with van der Waals surface area (Å²) in [6, 6.07) is 14.5. The highest BCUT2D eigenvalue weighted by atomic mass is 19.4. The van der Waals surface area contributed by atoms with Crippen LogP contribution in [0.3, 0.4) is 0 Å². The van der Waals surface area contributed by atoms with E-state index in [4.69, 9.17) is 9.47 Å². The van der Waals surface area contributed by atoms with Crippen molar-refractivity contribution in [1.29, 1.82) is 0 Å². The number of aromatic nitrogens is 2. The number of rotatable bonds is 10. The molecule has 1 aromatic heterocycles. The molecular formula is C34H37F3N6O5. The van der Waals surface area contributed by atoms with Gasteiger partial charge in [-0.05, 0) is 55.7 Å². The monoisotopic (exact) mass is 666 g/mol. The lowest BCUT2D eigenvalue weighted by atomic mass is 9.76. The van der Waals surface area contributed by atoms with E-state index in [0.717, 1.165) is 18.4 Å². The number of aryl methyl sites for hydroxylation is 1. The van der Waals surface area contributed by atoms with E-state index in [1.807, 2.05) is 29.6 Å². The lowest BCUT2D eigenvalue weighted by Gasteiger charge is -2.38. The fourth-order valence-electron chi connectivity index (χ4n) is 6.92. The second kappa shape index (κ2) is 12.5. The molecule has 0 bridgehead atoms. The first-order chi connectivity index (χ1) is 22.9. The van der Waals surface area contributed by atoms with Gasteiger partial charge in [0.05, 0.1) is 19.1 Å². The van der Waals surface area contributed by atoms with Gasteiger partial charge < -0.3 is 30.3 Å². The first-order valence-electron chi connectivity index (χ1n) is 15.6. The Morgan fingerprint density at radius 1 is 1.10 bits per heavy atom. The molecule has 254 valence electrons. The number of ether oxygens (including phenoxy) is 2. The minimum Gasteiger partial charge on any atom is -0.493 e. The van der Waals surface area contributed by atoms with Crippen molar-refractivity contribution >= 4 is 23.4 Å². The van der Waals surface area contributed by atoms with Crippen molar-refractivity contribution in [1.82, 2.24) is 25.3 Å². The van der Waals surface area contributed by atoms with Gasteiger partial charge in [-0.15, -0.1) is 0 Å². The molecule has 0 radical (unpaired) electrons. The third-order valence-electron chi connectivity index (χ3n) is 9.72. The van der Waals surface area contributed by atoms with Crippen LogP contribution in [-0.4, -0.2) is 78.0 Å². The Labute approximate surface area is 275 Å². The number of amides is 3. The summed E-state index contributed by atoms with van der Waals surface area (Å²) in [5.74, 6) is -1.10. The number of halogens is 3. The van der Waals surface area contributed by atoms with E-state index in [2.05, 4.69) is 22.3 Å². The first kappa shape index (κ1) is 32.9. The fraction of sp³-hybridized carbons (Fsp3) is 0.412. The molecule has 2 unspecified atom stereocenters. The molecule has 3 atom stereocenters. The Hall–Kier alpha value is -5.01. The molecule has 14 heteroatoms. The molecule has 2 fully saturated rings. The molecule has 11 nitrogen and oxygen atoms in total. The summed E-state index contributed by atoms with van der Waals surface area (Å²) in [6.45, 7) is 3.19. The zero-order valence-electron chi connectivity index (χ0n) is 26.6. The molecule has 2 aliphatic heterocycles. The maximum atomic E-state index is 14.2. The number of hydrogen-bond donors (Lipinski definition) is 3. The predicted octanol–water partition coefficient (Wildman–Crippen LogP) is 3.85. The van der Waals surface area contributed by atoms with Crippen LogP contribution in [0.5, 0.6) is 5.75 Å². The summed E-state index contributed by atoms with van der Waals surface area (Å²) in [4.78, 5) is 42.7. The summed E-state index contributed by atoms with van der Waals surface area (Å²) in [5.41, 5.74) is 0.338. The first-order valence-corrected chi connectivity index (χ1v) is 15.6. The van der Waals surface area contributed by atoms with Gasteiger partial charge in [-0.2, -0.15) is 18.3 Å². The third-order valence-corrected chi connectivity index (χ3v) is 9.72. The molecule has 48 heavy (non-hydrogen) atoms. The highest BCUT2D eigenvalue weighted by Crippen LogP contribution is 2.61. The summed E-state index contributed by atoms with van der Waals surface area (Å²) in [5, 5.41) is 12.0. The fourth-order valence-corrected chi connectivity index (χ4v) is 6.92. The Morgan fingerprint density at radius 2 is 1.83 bits per heavy atom. The van der Waals surface area contributed by atoms with Crippen molar-refractivity contribution < 1.29 is 37.0 Å². The normalized spacial score (nSPS) is 21.4. The predicted molar refractivity (Wildman–Crippen MR) is 169 cm³/mol. The van der Waals surface area contributed by atoms with E-state index in [1.165, 1.54) is 18.0 Å². The van der Waals surface area contributed by atoms with Crippen LogP contribution in [-0.2, 0) is 26.8 Å². The highest BCUT2D eigenvalue weighted by Gasteiger charge is 2.58. The third kappa shape index (κ3) is 6.30. The second-order valence-corrected chi connectivity index (χ2v) is 12.7. The standard InChI is InChI=1S/C34H37F3N6O5/c1-21(47-3)43-17-15-33(19-43,31(46)38-18-34(35,36)37)22-8-10-23(11-9-22)40-30(45)28(41-29(44)25-12-16-39-42(25)2)27-24-6-4-5-7-26(24)48-20-32(27)13-14-32/h4-12,16,27-28H,1,13-15,17-20H2,2-3H3,(H,38,46)(H,40,45)(H,41,44)/t27?,28-,33?/m0/s1. The number of para-hydroxylation sites is 1. The molecular weight excluding hydrogens is 629 g/mol. The van der Waals surface area contributed by atoms with E-state index < -0.39 is 41.9 Å². The number of alkyl halides is 3. The number of nitrogens with one attached hydrogen (secondary N) is 3. The number of carbonyl (C=O) groups is 3. The van der Waals surface area contributed by atoms with Crippen LogP contribution in [0.2, 0.25) is 0 Å². The largest absolute Gasteiger partial charge is 0.493 e. The van der Waals surface area contributed by atoms with Crippen LogP contribution < -0.4 is 20.7 Å². The van der Waals surface area contributed by atoms with Gasteiger partial charge in [0.2, 0.25) is 11.8 Å². The van der Waals surface area contributed by atoms with Crippen LogP contribution in [0, 0.1) is 5.41 Å². The van der Waals surface area contributed by atoms with Crippen LogP contribution in [0.1, 0.15) is 46.8 Å². The molecule has 3 aromatic rings. The zero-order chi connectivity index (χ0) is 34.3. The van der Waals surface area contributed by atoms with E-state index in [0.29, 0.717) is 41.7 Å². The van der Waals surface area contributed by atoms with Crippen molar-refractivity contribution in [2.45, 2.75) is 42.8 Å². The topological polar surface area (TPSA) is 127 Å². The Kier molecular flexibility index (Phi) is 8.60. The highest BCUT2D eigenvalue weighted by molar-refractivity contribution is 6.01. The number of anilines is 1. The number of benzene rings is 2. The van der Waals surface area contributed by atoms with Crippen LogP contribution in [0.25, 0.3) is 0 Å². The molecule has 2 aromatic carbocycles. The van der Waals surface area contributed by atoms with Gasteiger partial charge in [-0.3, -0.25) is 19.1 Å². The smallest absolute Gasteiger partial charge is 0.405 e. The quantitative estimate of drug-likeness (QED) is 0.281. The van der Waals surface area contributed by atoms with Crippen molar-refractivity contribution in [3.63, 3.8) is 0 Å². The van der Waals surface area contributed by atoms with Gasteiger partial charge >= 0.3 is 6.18 Å². The lowest BCUT2D eigenvalue weighted by Crippen LogP contribution is -2.52. The van der Waals surface area contributed by atoms with Gasteiger partial charge in [0.25, 0.3) is 5.91 Å². The minimum atomic E-state index is -4.58. The van der Waals surface area contributed by atoms with E-state index in [-0.39, 0.29) is 24.3 Å². The summed E-state index contributed by atoms with van der Waals surface area (Å²) in [6.07, 6.45) is -1.19. The maximum absolute atomic E-state index is 14.2. The molecule has 3 amide bonds. The van der Waals surface area contributed by atoms with Gasteiger partial charge in [0, 0.05) is 48.9 Å². The Balaban J connectivity index is 1.28. The average Bonchev–Trinajstić information content (AvgIpc) is 3.46. The lowest BCUT2D eigenvalue weighted by molar-refractivity contribution is -0.141. The van der Waals surface area contributed by atoms with Gasteiger partial charge in [-0.25, -0.2) is 0 Å². The molecule has 3 N–H and O–H groups in total. The van der Waals surface area contributed by atoms with Gasteiger partial charge in [0.1, 0.15) is 24.0 Å². The van der Waals surface area contributed by atoms with Crippen LogP contribution >= 0.6 is 0 Å². The number of fused-ring (bicyclic) bond motifs is 1. The second-order valence-electron chi connectivity index (χ2n) is 12.7. The van der Waals surface area contributed by atoms with Crippen molar-refractivity contribution in [2.75, 3.05) is 38.7 Å². The van der Waals surface area contributed by atoms with E-state index >= 15 is 0 Å². The summed E-state index contributed by atoms with van der Waals surface area (Å²) in [7, 11) is 3.07. The molecule has 3 aliphatic rings. The van der Waals surface area contributed by atoms with E-state index in [1.54, 1.807) is 42.3 Å². The average molecular weight is 667 g/mol. The molecule has 1 spiro atoms. The molecule has 1 saturated heterocycles. The van der Waals surface area contributed by atoms with Crippen molar-refractivity contribution in [2.24, 2.45) is 12.5 Å². The number of likely N-dealkylation sites (tertiary alicyclic amines) is 1. The molecule has 6 rings (SSSR count). The van der Waals surface area contributed by atoms with E-state index in [9.17, 15) is 27.6 Å². The van der Waals surface area contributed by atoms with Crippen LogP contribution in [0.15, 0.2) is 73.3 Å². The van der Waals surface area contributed by atoms with Crippen LogP contribution in [0.4, 0.5) is 18.9 Å². The number of carbonyl (C=O) groups excluding carboxylic acids is 3. The SMILES string of the molecule is C=C(OC)N1CCC(C(=O)NCC(F)(F)F)(c2ccc(NC(=O)[C@@H](NC(=O)c3ccnn3C)C3c4ccccc4OCC34CC4)cc2)C1. The van der Waals surface area contributed by atoms with Gasteiger partial charge in [-0.1, -0.05) is 30.3 Å². The minimum absolute atomic E-state index is 0.0580. The molecule has 1 saturated carbocycles. The summed E-state index contributed by atoms with van der Waals surface area (Å²) < 4.78 is 51.8. The number of hydrogen-bond acceptors (Lipinski definition) is 7. The van der Waals surface area contributed by atoms with Gasteiger partial charge in [0.15, 0.2) is 5.88 Å². The zero-order valence-corrected chi connectivity index (χ0v) is 26.6.